The topological polar surface area (TPSA) is 54.0 Å². The molecule has 0 atom stereocenters. The van der Waals surface area contributed by atoms with E-state index in [1.807, 2.05) is 44.2 Å². The molecule has 0 unspecified atom stereocenters. The van der Waals surface area contributed by atoms with E-state index < -0.39 is 0 Å². The van der Waals surface area contributed by atoms with Crippen molar-refractivity contribution in [2.24, 2.45) is 0 Å². The SMILES string of the molecule is CCNCCNC(=O)c1cccc2ccc(C)nc12. The van der Waals surface area contributed by atoms with Crippen LogP contribution in [0, 0.1) is 6.92 Å². The molecule has 2 rings (SSSR count). The van der Waals surface area contributed by atoms with Gasteiger partial charge >= 0.3 is 0 Å². The number of likely N-dealkylation sites (N-methyl/N-ethyl adjacent to an activating group) is 1. The molecule has 1 amide bonds. The molecule has 0 aliphatic carbocycles. The number of rotatable bonds is 5. The molecule has 0 spiro atoms. The van der Waals surface area contributed by atoms with Crippen LogP contribution in [0.15, 0.2) is 30.3 Å². The first-order chi connectivity index (χ1) is 9.22. The molecule has 1 aromatic heterocycles. The van der Waals surface area contributed by atoms with Gasteiger partial charge in [-0.2, -0.15) is 0 Å². The second-order valence-corrected chi connectivity index (χ2v) is 4.44. The number of carbonyl (C=O) groups is 1. The molecule has 1 heterocycles. The average molecular weight is 257 g/mol. The van der Waals surface area contributed by atoms with Crippen LogP contribution < -0.4 is 10.6 Å². The van der Waals surface area contributed by atoms with Crippen molar-refractivity contribution in [2.75, 3.05) is 19.6 Å². The number of carbonyl (C=O) groups excluding carboxylic acids is 1. The Morgan fingerprint density at radius 2 is 2.05 bits per heavy atom. The smallest absolute Gasteiger partial charge is 0.253 e. The first kappa shape index (κ1) is 13.5. The number of hydrogen-bond acceptors (Lipinski definition) is 3. The van der Waals surface area contributed by atoms with Crippen LogP contribution in [0.5, 0.6) is 0 Å². The highest BCUT2D eigenvalue weighted by Gasteiger charge is 2.10. The Balaban J connectivity index is 2.19. The molecule has 0 bridgehead atoms. The minimum atomic E-state index is -0.0680. The first-order valence-corrected chi connectivity index (χ1v) is 6.57. The molecule has 0 aliphatic heterocycles. The normalized spacial score (nSPS) is 10.6. The van der Waals surface area contributed by atoms with Crippen molar-refractivity contribution in [3.8, 4) is 0 Å². The Kier molecular flexibility index (Phi) is 4.47. The van der Waals surface area contributed by atoms with Crippen LogP contribution in [-0.2, 0) is 0 Å². The molecule has 0 aliphatic rings. The van der Waals surface area contributed by atoms with Crippen molar-refractivity contribution in [3.05, 3.63) is 41.6 Å². The lowest BCUT2D eigenvalue weighted by atomic mass is 10.1. The molecular formula is C15H19N3O. The summed E-state index contributed by atoms with van der Waals surface area (Å²) in [6.45, 7) is 6.28. The predicted octanol–water partition coefficient (Wildman–Crippen LogP) is 1.88. The van der Waals surface area contributed by atoms with Crippen molar-refractivity contribution in [1.29, 1.82) is 0 Å². The summed E-state index contributed by atoms with van der Waals surface area (Å²) in [5, 5.41) is 7.07. The van der Waals surface area contributed by atoms with Gasteiger partial charge in [0.05, 0.1) is 11.1 Å². The Hall–Kier alpha value is -1.94. The number of nitrogens with zero attached hydrogens (tertiary/aromatic N) is 1. The highest BCUT2D eigenvalue weighted by molar-refractivity contribution is 6.05. The van der Waals surface area contributed by atoms with Crippen LogP contribution in [0.2, 0.25) is 0 Å². The standard InChI is InChI=1S/C15H19N3O/c1-3-16-9-10-17-15(19)13-6-4-5-12-8-7-11(2)18-14(12)13/h4-8,16H,3,9-10H2,1-2H3,(H,17,19). The molecule has 19 heavy (non-hydrogen) atoms. The second-order valence-electron chi connectivity index (χ2n) is 4.44. The molecule has 0 saturated heterocycles. The van der Waals surface area contributed by atoms with E-state index in [-0.39, 0.29) is 5.91 Å². The van der Waals surface area contributed by atoms with Crippen molar-refractivity contribution < 1.29 is 4.79 Å². The van der Waals surface area contributed by atoms with Crippen LogP contribution in [0.3, 0.4) is 0 Å². The van der Waals surface area contributed by atoms with Gasteiger partial charge in [0.1, 0.15) is 0 Å². The van der Waals surface area contributed by atoms with Gasteiger partial charge in [0.15, 0.2) is 0 Å². The number of aryl methyl sites for hydroxylation is 1. The maximum atomic E-state index is 12.2. The quantitative estimate of drug-likeness (QED) is 0.804. The van der Waals surface area contributed by atoms with Crippen LogP contribution in [-0.4, -0.2) is 30.5 Å². The summed E-state index contributed by atoms with van der Waals surface area (Å²) in [5.41, 5.74) is 2.32. The zero-order valence-corrected chi connectivity index (χ0v) is 11.4. The third-order valence-corrected chi connectivity index (χ3v) is 2.94. The van der Waals surface area contributed by atoms with E-state index in [0.717, 1.165) is 29.7 Å². The maximum absolute atomic E-state index is 12.2. The summed E-state index contributed by atoms with van der Waals surface area (Å²) >= 11 is 0. The summed E-state index contributed by atoms with van der Waals surface area (Å²) < 4.78 is 0. The zero-order valence-electron chi connectivity index (χ0n) is 11.4. The van der Waals surface area contributed by atoms with E-state index in [1.165, 1.54) is 0 Å². The van der Waals surface area contributed by atoms with E-state index in [0.29, 0.717) is 12.1 Å². The number of para-hydroxylation sites is 1. The number of pyridine rings is 1. The fourth-order valence-corrected chi connectivity index (χ4v) is 1.96. The van der Waals surface area contributed by atoms with Gasteiger partial charge in [-0.1, -0.05) is 25.1 Å². The zero-order chi connectivity index (χ0) is 13.7. The fourth-order valence-electron chi connectivity index (χ4n) is 1.96. The van der Waals surface area contributed by atoms with E-state index in [1.54, 1.807) is 0 Å². The van der Waals surface area contributed by atoms with E-state index in [9.17, 15) is 4.79 Å². The van der Waals surface area contributed by atoms with Gasteiger partial charge in [-0.25, -0.2) is 0 Å². The summed E-state index contributed by atoms with van der Waals surface area (Å²) in [4.78, 5) is 16.6. The monoisotopic (exact) mass is 257 g/mol. The molecule has 2 N–H and O–H groups in total. The third-order valence-electron chi connectivity index (χ3n) is 2.94. The van der Waals surface area contributed by atoms with Crippen molar-refractivity contribution in [1.82, 2.24) is 15.6 Å². The van der Waals surface area contributed by atoms with Gasteiger partial charge in [0.25, 0.3) is 5.91 Å². The second kappa shape index (κ2) is 6.29. The summed E-state index contributed by atoms with van der Waals surface area (Å²) in [6, 6.07) is 9.62. The third kappa shape index (κ3) is 3.29. The van der Waals surface area contributed by atoms with E-state index >= 15 is 0 Å². The van der Waals surface area contributed by atoms with Crippen LogP contribution in [0.4, 0.5) is 0 Å². The highest BCUT2D eigenvalue weighted by Crippen LogP contribution is 2.17. The van der Waals surface area contributed by atoms with Gasteiger partial charge in [-0.3, -0.25) is 9.78 Å². The largest absolute Gasteiger partial charge is 0.351 e. The number of amides is 1. The number of benzene rings is 1. The Morgan fingerprint density at radius 1 is 1.21 bits per heavy atom. The summed E-state index contributed by atoms with van der Waals surface area (Å²) in [5.74, 6) is -0.0680. The highest BCUT2D eigenvalue weighted by atomic mass is 16.1. The van der Waals surface area contributed by atoms with Crippen LogP contribution in [0.25, 0.3) is 10.9 Å². The molecule has 0 radical (unpaired) electrons. The number of hydrogen-bond donors (Lipinski definition) is 2. The van der Waals surface area contributed by atoms with Gasteiger partial charge in [-0.05, 0) is 25.6 Å². The predicted molar refractivity (Wildman–Crippen MR) is 77.4 cm³/mol. The summed E-state index contributed by atoms with van der Waals surface area (Å²) in [7, 11) is 0. The molecule has 0 saturated carbocycles. The van der Waals surface area contributed by atoms with Gasteiger partial charge in [-0.15, -0.1) is 0 Å². The van der Waals surface area contributed by atoms with E-state index in [2.05, 4.69) is 15.6 Å². The van der Waals surface area contributed by atoms with E-state index in [4.69, 9.17) is 0 Å². The van der Waals surface area contributed by atoms with Crippen molar-refractivity contribution >= 4 is 16.8 Å². The number of aromatic nitrogens is 1. The Morgan fingerprint density at radius 3 is 2.84 bits per heavy atom. The maximum Gasteiger partial charge on any atom is 0.253 e. The molecular weight excluding hydrogens is 238 g/mol. The lowest BCUT2D eigenvalue weighted by molar-refractivity contribution is 0.0955. The molecule has 0 fully saturated rings. The molecule has 4 nitrogen and oxygen atoms in total. The lowest BCUT2D eigenvalue weighted by Gasteiger charge is -2.08. The molecule has 4 heteroatoms. The Labute approximate surface area is 113 Å². The Bertz CT molecular complexity index is 581. The molecule has 1 aromatic carbocycles. The minimum Gasteiger partial charge on any atom is -0.351 e. The molecule has 100 valence electrons. The average Bonchev–Trinajstić information content (AvgIpc) is 2.42. The van der Waals surface area contributed by atoms with Gasteiger partial charge in [0, 0.05) is 24.2 Å². The number of fused-ring (bicyclic) bond motifs is 1. The summed E-state index contributed by atoms with van der Waals surface area (Å²) in [6.07, 6.45) is 0. The lowest BCUT2D eigenvalue weighted by Crippen LogP contribution is -2.31. The van der Waals surface area contributed by atoms with Crippen molar-refractivity contribution in [3.63, 3.8) is 0 Å². The fraction of sp³-hybridized carbons (Fsp3) is 0.333. The van der Waals surface area contributed by atoms with Gasteiger partial charge < -0.3 is 10.6 Å². The molecule has 2 aromatic rings. The number of nitrogens with one attached hydrogen (secondary N) is 2. The van der Waals surface area contributed by atoms with Crippen LogP contribution in [0.1, 0.15) is 23.0 Å². The first-order valence-electron chi connectivity index (χ1n) is 6.57. The van der Waals surface area contributed by atoms with Crippen LogP contribution >= 0.6 is 0 Å². The van der Waals surface area contributed by atoms with Gasteiger partial charge in [0.2, 0.25) is 0 Å². The minimum absolute atomic E-state index is 0.0680. The van der Waals surface area contributed by atoms with Crippen molar-refractivity contribution in [2.45, 2.75) is 13.8 Å².